The Balaban J connectivity index is 2.24. The Morgan fingerprint density at radius 3 is 2.56 bits per heavy atom. The number of imidazole rings is 1. The third-order valence-electron chi connectivity index (χ3n) is 4.04. The molecule has 0 spiro atoms. The van der Waals surface area contributed by atoms with Crippen LogP contribution < -0.4 is 10.1 Å². The number of aromatic nitrogens is 2. The first-order valence-corrected chi connectivity index (χ1v) is 8.25. The number of rotatable bonds is 3. The molecule has 1 aromatic carbocycles. The topological polar surface area (TPSA) is 55.6 Å². The largest absolute Gasteiger partial charge is 0.496 e. The Bertz CT molecular complexity index is 936. The number of nitrogens with zero attached hydrogens (tertiary/aromatic N) is 2. The lowest BCUT2D eigenvalue weighted by atomic mass is 9.95. The highest BCUT2D eigenvalue weighted by Gasteiger charge is 2.25. The molecule has 2 heterocycles. The standard InChI is InChI=1S/C20H23N3O2/c1-13-10-11-16-21-17(14-8-6-7-9-15(14)25-5)18(23(16)12-13)22-19(24)20(2,3)4/h6-12H,1-5H3,(H,22,24). The smallest absolute Gasteiger partial charge is 0.230 e. The number of hydrogen-bond donors (Lipinski definition) is 1. The fraction of sp³-hybridized carbons (Fsp3) is 0.300. The van der Waals surface area contributed by atoms with Gasteiger partial charge in [-0.1, -0.05) is 39.0 Å². The number of fused-ring (bicyclic) bond motifs is 1. The van der Waals surface area contributed by atoms with E-state index in [1.165, 1.54) is 0 Å². The minimum absolute atomic E-state index is 0.0630. The van der Waals surface area contributed by atoms with Gasteiger partial charge in [-0.25, -0.2) is 4.98 Å². The maximum absolute atomic E-state index is 12.6. The number of methoxy groups -OCH3 is 1. The van der Waals surface area contributed by atoms with Crippen LogP contribution in [0, 0.1) is 12.3 Å². The molecule has 130 valence electrons. The van der Waals surface area contributed by atoms with Crippen molar-refractivity contribution in [2.45, 2.75) is 27.7 Å². The Labute approximate surface area is 147 Å². The van der Waals surface area contributed by atoms with Gasteiger partial charge >= 0.3 is 0 Å². The molecule has 5 nitrogen and oxygen atoms in total. The molecule has 0 aliphatic carbocycles. The second-order valence-corrected chi connectivity index (χ2v) is 7.15. The summed E-state index contributed by atoms with van der Waals surface area (Å²) in [5.74, 6) is 1.31. The summed E-state index contributed by atoms with van der Waals surface area (Å²) >= 11 is 0. The van der Waals surface area contributed by atoms with Crippen LogP contribution in [0.1, 0.15) is 26.3 Å². The van der Waals surface area contributed by atoms with E-state index in [0.29, 0.717) is 17.3 Å². The molecule has 0 bridgehead atoms. The zero-order chi connectivity index (χ0) is 18.2. The van der Waals surface area contributed by atoms with E-state index in [9.17, 15) is 4.79 Å². The summed E-state index contributed by atoms with van der Waals surface area (Å²) < 4.78 is 7.40. The number of carbonyl (C=O) groups is 1. The minimum Gasteiger partial charge on any atom is -0.496 e. The maximum atomic E-state index is 12.6. The Hall–Kier alpha value is -2.82. The van der Waals surface area contributed by atoms with Crippen LogP contribution in [0.5, 0.6) is 5.75 Å². The molecule has 1 N–H and O–H groups in total. The highest BCUT2D eigenvalue weighted by atomic mass is 16.5. The van der Waals surface area contributed by atoms with Gasteiger partial charge in [-0.3, -0.25) is 9.20 Å². The van der Waals surface area contributed by atoms with Gasteiger partial charge in [0.05, 0.1) is 7.11 Å². The van der Waals surface area contributed by atoms with Crippen molar-refractivity contribution >= 4 is 17.4 Å². The second-order valence-electron chi connectivity index (χ2n) is 7.15. The summed E-state index contributed by atoms with van der Waals surface area (Å²) in [6.45, 7) is 7.68. The van der Waals surface area contributed by atoms with Crippen LogP contribution in [0.2, 0.25) is 0 Å². The van der Waals surface area contributed by atoms with Crippen molar-refractivity contribution in [3.63, 3.8) is 0 Å². The van der Waals surface area contributed by atoms with E-state index in [4.69, 9.17) is 9.72 Å². The molecule has 0 atom stereocenters. The number of aryl methyl sites for hydroxylation is 1. The fourth-order valence-electron chi connectivity index (χ4n) is 2.59. The van der Waals surface area contributed by atoms with Crippen LogP contribution in [0.3, 0.4) is 0 Å². The number of carbonyl (C=O) groups excluding carboxylic acids is 1. The van der Waals surface area contributed by atoms with Crippen LogP contribution in [-0.4, -0.2) is 22.4 Å². The van der Waals surface area contributed by atoms with E-state index in [-0.39, 0.29) is 5.91 Å². The molecule has 0 fully saturated rings. The lowest BCUT2D eigenvalue weighted by molar-refractivity contribution is -0.123. The highest BCUT2D eigenvalue weighted by Crippen LogP contribution is 2.35. The van der Waals surface area contributed by atoms with Gasteiger partial charge in [-0.15, -0.1) is 0 Å². The van der Waals surface area contributed by atoms with Gasteiger partial charge in [0.2, 0.25) is 5.91 Å². The Morgan fingerprint density at radius 2 is 1.88 bits per heavy atom. The molecule has 2 aromatic heterocycles. The average Bonchev–Trinajstić information content (AvgIpc) is 2.91. The number of nitrogens with one attached hydrogen (secondary N) is 1. The second kappa shape index (κ2) is 6.24. The van der Waals surface area contributed by atoms with Crippen molar-refractivity contribution in [3.8, 4) is 17.0 Å². The van der Waals surface area contributed by atoms with Gasteiger partial charge < -0.3 is 10.1 Å². The summed E-state index contributed by atoms with van der Waals surface area (Å²) in [6, 6.07) is 11.6. The van der Waals surface area contributed by atoms with Crippen LogP contribution in [-0.2, 0) is 4.79 Å². The van der Waals surface area contributed by atoms with Gasteiger partial charge in [0.25, 0.3) is 0 Å². The zero-order valence-corrected chi connectivity index (χ0v) is 15.3. The molecule has 0 aliphatic rings. The van der Waals surface area contributed by atoms with Gasteiger partial charge in [0.15, 0.2) is 0 Å². The number of pyridine rings is 1. The number of hydrogen-bond acceptors (Lipinski definition) is 3. The molecule has 5 heteroatoms. The maximum Gasteiger partial charge on any atom is 0.230 e. The number of para-hydroxylation sites is 1. The molecule has 3 rings (SSSR count). The normalized spacial score (nSPS) is 11.6. The number of amides is 1. The van der Waals surface area contributed by atoms with E-state index in [1.807, 2.05) is 74.7 Å². The summed E-state index contributed by atoms with van der Waals surface area (Å²) in [7, 11) is 1.63. The van der Waals surface area contributed by atoms with Gasteiger partial charge in [0.1, 0.15) is 22.9 Å². The van der Waals surface area contributed by atoms with Crippen molar-refractivity contribution in [3.05, 3.63) is 48.2 Å². The zero-order valence-electron chi connectivity index (χ0n) is 15.3. The quantitative estimate of drug-likeness (QED) is 0.775. The molecule has 0 saturated heterocycles. The van der Waals surface area contributed by atoms with Crippen molar-refractivity contribution in [1.82, 2.24) is 9.38 Å². The van der Waals surface area contributed by atoms with Gasteiger partial charge in [-0.05, 0) is 30.7 Å². The van der Waals surface area contributed by atoms with Gasteiger partial charge in [0, 0.05) is 17.2 Å². The highest BCUT2D eigenvalue weighted by molar-refractivity contribution is 5.98. The van der Waals surface area contributed by atoms with E-state index in [1.54, 1.807) is 7.11 Å². The van der Waals surface area contributed by atoms with Crippen molar-refractivity contribution in [2.75, 3.05) is 12.4 Å². The van der Waals surface area contributed by atoms with Crippen molar-refractivity contribution in [1.29, 1.82) is 0 Å². The molecule has 0 saturated carbocycles. The van der Waals surface area contributed by atoms with Gasteiger partial charge in [-0.2, -0.15) is 0 Å². The molecule has 3 aromatic rings. The molecular weight excluding hydrogens is 314 g/mol. The summed E-state index contributed by atoms with van der Waals surface area (Å²) in [6.07, 6.45) is 1.97. The predicted octanol–water partition coefficient (Wildman–Crippen LogP) is 4.30. The molecular formula is C20H23N3O2. The predicted molar refractivity (Wildman–Crippen MR) is 100 cm³/mol. The lowest BCUT2D eigenvalue weighted by Gasteiger charge is -2.18. The van der Waals surface area contributed by atoms with Crippen molar-refractivity contribution in [2.24, 2.45) is 5.41 Å². The minimum atomic E-state index is -0.508. The first kappa shape index (κ1) is 17.0. The number of anilines is 1. The molecule has 0 aliphatic heterocycles. The van der Waals surface area contributed by atoms with E-state index >= 15 is 0 Å². The van der Waals surface area contributed by atoms with E-state index in [2.05, 4.69) is 5.32 Å². The number of benzene rings is 1. The first-order chi connectivity index (χ1) is 11.8. The third kappa shape index (κ3) is 3.22. The fourth-order valence-corrected chi connectivity index (χ4v) is 2.59. The summed E-state index contributed by atoms with van der Waals surface area (Å²) in [5.41, 5.74) is 2.89. The van der Waals surface area contributed by atoms with Crippen LogP contribution in [0.15, 0.2) is 42.6 Å². The first-order valence-electron chi connectivity index (χ1n) is 8.25. The van der Waals surface area contributed by atoms with E-state index < -0.39 is 5.41 Å². The average molecular weight is 337 g/mol. The SMILES string of the molecule is COc1ccccc1-c1nc2ccc(C)cn2c1NC(=O)C(C)(C)C. The summed E-state index contributed by atoms with van der Waals surface area (Å²) in [4.78, 5) is 17.4. The van der Waals surface area contributed by atoms with Crippen molar-refractivity contribution < 1.29 is 9.53 Å². The van der Waals surface area contributed by atoms with E-state index in [0.717, 1.165) is 16.8 Å². The third-order valence-corrected chi connectivity index (χ3v) is 4.04. The van der Waals surface area contributed by atoms with Crippen LogP contribution >= 0.6 is 0 Å². The summed E-state index contributed by atoms with van der Waals surface area (Å²) in [5, 5.41) is 3.06. The molecule has 0 radical (unpaired) electrons. The Morgan fingerprint density at radius 1 is 1.16 bits per heavy atom. The van der Waals surface area contributed by atoms with Crippen LogP contribution in [0.4, 0.5) is 5.82 Å². The molecule has 25 heavy (non-hydrogen) atoms. The number of ether oxygens (including phenoxy) is 1. The monoisotopic (exact) mass is 337 g/mol. The molecule has 1 amide bonds. The van der Waals surface area contributed by atoms with Crippen LogP contribution in [0.25, 0.3) is 16.9 Å². The molecule has 0 unspecified atom stereocenters. The lowest BCUT2D eigenvalue weighted by Crippen LogP contribution is -2.28. The Kier molecular flexibility index (Phi) is 4.25.